The highest BCUT2D eigenvalue weighted by Crippen LogP contribution is 2.33. The van der Waals surface area contributed by atoms with E-state index in [4.69, 9.17) is 0 Å². The summed E-state index contributed by atoms with van der Waals surface area (Å²) in [6.45, 7) is 14.7. The molecule has 1 saturated carbocycles. The summed E-state index contributed by atoms with van der Waals surface area (Å²) in [4.78, 5) is 2.70. The Morgan fingerprint density at radius 1 is 1.33 bits per heavy atom. The lowest BCUT2D eigenvalue weighted by atomic mass is 9.84. The van der Waals surface area contributed by atoms with Crippen molar-refractivity contribution < 1.29 is 0 Å². The number of nitrogens with one attached hydrogen (secondary N) is 1. The summed E-state index contributed by atoms with van der Waals surface area (Å²) in [6.07, 6.45) is 6.83. The normalized spacial score (nSPS) is 27.3. The SMILES string of the molecule is CCCC(C)(CNC1CC1)CN1CCC(C)(C)C1. The fourth-order valence-corrected chi connectivity index (χ4v) is 3.40. The van der Waals surface area contributed by atoms with Crippen LogP contribution in [0.5, 0.6) is 0 Å². The Morgan fingerprint density at radius 3 is 2.56 bits per heavy atom. The Bertz CT molecular complexity index is 270. The van der Waals surface area contributed by atoms with E-state index in [1.807, 2.05) is 0 Å². The maximum absolute atomic E-state index is 3.75. The van der Waals surface area contributed by atoms with Gasteiger partial charge in [-0.15, -0.1) is 0 Å². The quantitative estimate of drug-likeness (QED) is 0.748. The molecule has 1 N–H and O–H groups in total. The monoisotopic (exact) mass is 252 g/mol. The minimum Gasteiger partial charge on any atom is -0.313 e. The minimum atomic E-state index is 0.470. The fourth-order valence-electron chi connectivity index (χ4n) is 3.40. The zero-order valence-electron chi connectivity index (χ0n) is 12.9. The summed E-state index contributed by atoms with van der Waals surface area (Å²) in [7, 11) is 0. The van der Waals surface area contributed by atoms with Crippen molar-refractivity contribution >= 4 is 0 Å². The number of rotatable bonds is 7. The molecule has 0 aromatic heterocycles. The standard InChI is InChI=1S/C16H32N2/c1-5-8-16(4,11-17-14-6-7-14)13-18-10-9-15(2,3)12-18/h14,17H,5-13H2,1-4H3. The first kappa shape index (κ1) is 14.3. The van der Waals surface area contributed by atoms with Gasteiger partial charge in [-0.05, 0) is 43.1 Å². The molecule has 1 saturated heterocycles. The van der Waals surface area contributed by atoms with Crippen LogP contribution in [0.3, 0.4) is 0 Å². The van der Waals surface area contributed by atoms with Crippen LogP contribution in [0.25, 0.3) is 0 Å². The second kappa shape index (κ2) is 5.50. The molecule has 1 heterocycles. The highest BCUT2D eigenvalue weighted by molar-refractivity contribution is 4.90. The van der Waals surface area contributed by atoms with Crippen LogP contribution < -0.4 is 5.32 Å². The summed E-state index contributed by atoms with van der Waals surface area (Å²) in [5.74, 6) is 0. The molecule has 106 valence electrons. The molecule has 18 heavy (non-hydrogen) atoms. The largest absolute Gasteiger partial charge is 0.313 e. The van der Waals surface area contributed by atoms with E-state index in [9.17, 15) is 0 Å². The average Bonchev–Trinajstić information content (AvgIpc) is 3.02. The molecule has 2 heteroatoms. The topological polar surface area (TPSA) is 15.3 Å². The van der Waals surface area contributed by atoms with Gasteiger partial charge in [0.25, 0.3) is 0 Å². The van der Waals surface area contributed by atoms with Gasteiger partial charge >= 0.3 is 0 Å². The van der Waals surface area contributed by atoms with Crippen LogP contribution in [0.15, 0.2) is 0 Å². The highest BCUT2D eigenvalue weighted by atomic mass is 15.2. The second-order valence-electron chi connectivity index (χ2n) is 7.84. The zero-order valence-corrected chi connectivity index (χ0v) is 12.9. The molecular weight excluding hydrogens is 220 g/mol. The van der Waals surface area contributed by atoms with Crippen molar-refractivity contribution in [3.8, 4) is 0 Å². The molecule has 0 amide bonds. The lowest BCUT2D eigenvalue weighted by Crippen LogP contribution is -2.42. The van der Waals surface area contributed by atoms with E-state index in [0.717, 1.165) is 6.04 Å². The molecule has 2 fully saturated rings. The predicted molar refractivity (Wildman–Crippen MR) is 78.9 cm³/mol. The number of nitrogens with zero attached hydrogens (tertiary/aromatic N) is 1. The molecule has 1 aliphatic heterocycles. The third kappa shape index (κ3) is 4.24. The van der Waals surface area contributed by atoms with Gasteiger partial charge in [0, 0.05) is 25.7 Å². The van der Waals surface area contributed by atoms with Gasteiger partial charge in [-0.3, -0.25) is 0 Å². The predicted octanol–water partition coefficient (Wildman–Crippen LogP) is 3.28. The lowest BCUT2D eigenvalue weighted by molar-refractivity contribution is 0.161. The molecule has 0 aromatic carbocycles. The van der Waals surface area contributed by atoms with Gasteiger partial charge in [0.05, 0.1) is 0 Å². The highest BCUT2D eigenvalue weighted by Gasteiger charge is 2.35. The molecule has 1 unspecified atom stereocenters. The molecule has 2 nitrogen and oxygen atoms in total. The number of hydrogen-bond acceptors (Lipinski definition) is 2. The van der Waals surface area contributed by atoms with Crippen molar-refractivity contribution in [2.24, 2.45) is 10.8 Å². The van der Waals surface area contributed by atoms with Gasteiger partial charge in [0.2, 0.25) is 0 Å². The fraction of sp³-hybridized carbons (Fsp3) is 1.00. The van der Waals surface area contributed by atoms with Crippen molar-refractivity contribution in [1.82, 2.24) is 10.2 Å². The van der Waals surface area contributed by atoms with Crippen molar-refractivity contribution in [2.45, 2.75) is 65.8 Å². The van der Waals surface area contributed by atoms with E-state index in [-0.39, 0.29) is 0 Å². The van der Waals surface area contributed by atoms with E-state index in [0.29, 0.717) is 10.8 Å². The summed E-state index contributed by atoms with van der Waals surface area (Å²) >= 11 is 0. The maximum atomic E-state index is 3.75. The van der Waals surface area contributed by atoms with Crippen molar-refractivity contribution in [3.05, 3.63) is 0 Å². The van der Waals surface area contributed by atoms with Gasteiger partial charge in [-0.25, -0.2) is 0 Å². The first-order valence-corrected chi connectivity index (χ1v) is 7.88. The van der Waals surface area contributed by atoms with Crippen LogP contribution in [0.2, 0.25) is 0 Å². The maximum Gasteiger partial charge on any atom is 0.00684 e. The van der Waals surface area contributed by atoms with E-state index < -0.39 is 0 Å². The molecule has 1 atom stereocenters. The van der Waals surface area contributed by atoms with Crippen molar-refractivity contribution in [2.75, 3.05) is 26.2 Å². The van der Waals surface area contributed by atoms with Gasteiger partial charge in [-0.1, -0.05) is 34.1 Å². The van der Waals surface area contributed by atoms with Crippen LogP contribution in [-0.4, -0.2) is 37.1 Å². The third-order valence-corrected chi connectivity index (χ3v) is 4.61. The van der Waals surface area contributed by atoms with E-state index >= 15 is 0 Å². The van der Waals surface area contributed by atoms with E-state index in [1.165, 1.54) is 58.3 Å². The van der Waals surface area contributed by atoms with Crippen LogP contribution in [0.1, 0.15) is 59.8 Å². The molecule has 0 aromatic rings. The number of likely N-dealkylation sites (tertiary alicyclic amines) is 1. The first-order valence-electron chi connectivity index (χ1n) is 7.88. The third-order valence-electron chi connectivity index (χ3n) is 4.61. The van der Waals surface area contributed by atoms with E-state index in [1.54, 1.807) is 0 Å². The Labute approximate surface area is 114 Å². The Morgan fingerprint density at radius 2 is 2.06 bits per heavy atom. The first-order chi connectivity index (χ1) is 8.42. The molecule has 0 bridgehead atoms. The lowest BCUT2D eigenvalue weighted by Gasteiger charge is -2.34. The molecular formula is C16H32N2. The van der Waals surface area contributed by atoms with Crippen LogP contribution in [0, 0.1) is 10.8 Å². The van der Waals surface area contributed by atoms with Crippen LogP contribution in [-0.2, 0) is 0 Å². The zero-order chi connectivity index (χ0) is 13.2. The molecule has 2 aliphatic rings. The summed E-state index contributed by atoms with van der Waals surface area (Å²) in [5, 5.41) is 3.75. The summed E-state index contributed by atoms with van der Waals surface area (Å²) in [6, 6.07) is 0.844. The smallest absolute Gasteiger partial charge is 0.00684 e. The van der Waals surface area contributed by atoms with Crippen LogP contribution >= 0.6 is 0 Å². The molecule has 1 aliphatic carbocycles. The van der Waals surface area contributed by atoms with Crippen molar-refractivity contribution in [1.29, 1.82) is 0 Å². The Kier molecular flexibility index (Phi) is 4.38. The van der Waals surface area contributed by atoms with Gasteiger partial charge in [-0.2, -0.15) is 0 Å². The average molecular weight is 252 g/mol. The van der Waals surface area contributed by atoms with Crippen molar-refractivity contribution in [3.63, 3.8) is 0 Å². The Hall–Kier alpha value is -0.0800. The molecule has 0 radical (unpaired) electrons. The van der Waals surface area contributed by atoms with Gasteiger partial charge in [0.1, 0.15) is 0 Å². The molecule has 0 spiro atoms. The van der Waals surface area contributed by atoms with Gasteiger partial charge in [0.15, 0.2) is 0 Å². The molecule has 2 rings (SSSR count). The van der Waals surface area contributed by atoms with E-state index in [2.05, 4.69) is 37.9 Å². The van der Waals surface area contributed by atoms with Gasteiger partial charge < -0.3 is 10.2 Å². The minimum absolute atomic E-state index is 0.470. The second-order valence-corrected chi connectivity index (χ2v) is 7.84. The number of hydrogen-bond donors (Lipinski definition) is 1. The summed E-state index contributed by atoms with van der Waals surface area (Å²) in [5.41, 5.74) is 1.01. The van der Waals surface area contributed by atoms with Crippen LogP contribution in [0.4, 0.5) is 0 Å². The Balaban J connectivity index is 1.83. The summed E-state index contributed by atoms with van der Waals surface area (Å²) < 4.78 is 0.